The Hall–Kier alpha value is -2.15. The first-order chi connectivity index (χ1) is 11.4. The molecule has 0 aliphatic heterocycles. The average Bonchev–Trinajstić information content (AvgIpc) is 3.07. The molecule has 3 rings (SSSR count). The van der Waals surface area contributed by atoms with Crippen LogP contribution >= 0.6 is 11.3 Å². The minimum atomic E-state index is -0.229. The lowest BCUT2D eigenvalue weighted by Crippen LogP contribution is -2.37. The zero-order valence-corrected chi connectivity index (χ0v) is 15.2. The highest BCUT2D eigenvalue weighted by Crippen LogP contribution is 2.29. The summed E-state index contributed by atoms with van der Waals surface area (Å²) in [5.74, 6) is 0.588. The Bertz CT molecular complexity index is 964. The molecular weight excluding hydrogens is 324 g/mol. The largest absolute Gasteiger partial charge is 0.352 e. The van der Waals surface area contributed by atoms with E-state index in [2.05, 4.69) is 23.4 Å². The van der Waals surface area contributed by atoms with Crippen LogP contribution in [0.25, 0.3) is 15.7 Å². The van der Waals surface area contributed by atoms with Crippen molar-refractivity contribution >= 4 is 33.0 Å². The molecule has 3 aromatic heterocycles. The zero-order chi connectivity index (χ0) is 17.4. The maximum Gasteiger partial charge on any atom is 0.291 e. The van der Waals surface area contributed by atoms with Gasteiger partial charge in [0.25, 0.3) is 5.56 Å². The number of carbonyl (C=O) groups excluding carboxylic acids is 1. The molecule has 3 aromatic rings. The third-order valence-electron chi connectivity index (χ3n) is 3.90. The molecule has 0 aliphatic rings. The van der Waals surface area contributed by atoms with Gasteiger partial charge >= 0.3 is 0 Å². The number of hydrogen-bond donors (Lipinski definition) is 1. The van der Waals surface area contributed by atoms with Gasteiger partial charge in [0.15, 0.2) is 0 Å². The summed E-state index contributed by atoms with van der Waals surface area (Å²) in [7, 11) is 0. The van der Waals surface area contributed by atoms with Crippen molar-refractivity contribution in [2.75, 3.05) is 0 Å². The van der Waals surface area contributed by atoms with Gasteiger partial charge in [-0.3, -0.25) is 14.0 Å². The van der Waals surface area contributed by atoms with Gasteiger partial charge in [-0.25, -0.2) is 4.68 Å². The molecule has 0 aliphatic carbocycles. The molecular formula is C17H22N4O2S. The molecule has 6 nitrogen and oxygen atoms in total. The number of carbonyl (C=O) groups is 1. The molecule has 0 atom stereocenters. The number of aromatic nitrogens is 3. The number of amides is 1. The van der Waals surface area contributed by atoms with Gasteiger partial charge < -0.3 is 5.32 Å². The number of thiophene rings is 1. The molecule has 7 heteroatoms. The first-order valence-electron chi connectivity index (χ1n) is 8.27. The van der Waals surface area contributed by atoms with Crippen LogP contribution in [0.5, 0.6) is 0 Å². The van der Waals surface area contributed by atoms with Crippen LogP contribution in [0.2, 0.25) is 0 Å². The second-order valence-corrected chi connectivity index (χ2v) is 7.30. The number of fused-ring (bicyclic) bond motifs is 3. The Labute approximate surface area is 144 Å². The maximum absolute atomic E-state index is 12.7. The van der Waals surface area contributed by atoms with Gasteiger partial charge in [0.1, 0.15) is 17.9 Å². The fourth-order valence-corrected chi connectivity index (χ4v) is 3.88. The molecule has 0 spiro atoms. The second-order valence-electron chi connectivity index (χ2n) is 6.14. The van der Waals surface area contributed by atoms with E-state index in [0.29, 0.717) is 11.9 Å². The van der Waals surface area contributed by atoms with Crippen LogP contribution in [0.15, 0.2) is 16.9 Å². The predicted molar refractivity (Wildman–Crippen MR) is 96.9 cm³/mol. The first kappa shape index (κ1) is 16.7. The summed E-state index contributed by atoms with van der Waals surface area (Å²) in [6.45, 7) is 7.85. The van der Waals surface area contributed by atoms with E-state index < -0.39 is 0 Å². The van der Waals surface area contributed by atoms with Crippen LogP contribution in [-0.2, 0) is 24.2 Å². The average molecular weight is 346 g/mol. The Morgan fingerprint density at radius 3 is 2.62 bits per heavy atom. The summed E-state index contributed by atoms with van der Waals surface area (Å²) < 4.78 is 4.30. The molecule has 1 N–H and O–H groups in total. The summed E-state index contributed by atoms with van der Waals surface area (Å²) in [6, 6.07) is 4.08. The van der Waals surface area contributed by atoms with Gasteiger partial charge in [0, 0.05) is 17.3 Å². The van der Waals surface area contributed by atoms with E-state index in [1.54, 1.807) is 11.3 Å². The first-order valence-corrected chi connectivity index (χ1v) is 9.09. The lowest BCUT2D eigenvalue weighted by Gasteiger charge is -2.11. The van der Waals surface area contributed by atoms with Crippen LogP contribution in [0, 0.1) is 0 Å². The number of nitrogens with one attached hydrogen (secondary N) is 1. The van der Waals surface area contributed by atoms with Gasteiger partial charge in [-0.05, 0) is 32.4 Å². The molecule has 0 fully saturated rings. The highest BCUT2D eigenvalue weighted by Gasteiger charge is 2.17. The second kappa shape index (κ2) is 6.39. The lowest BCUT2D eigenvalue weighted by molar-refractivity contribution is -0.122. The van der Waals surface area contributed by atoms with Gasteiger partial charge in [-0.15, -0.1) is 11.3 Å². The smallest absolute Gasteiger partial charge is 0.291 e. The van der Waals surface area contributed by atoms with Crippen molar-refractivity contribution in [2.45, 2.75) is 53.1 Å². The molecule has 3 heterocycles. The lowest BCUT2D eigenvalue weighted by atomic mass is 10.3. The van der Waals surface area contributed by atoms with Crippen molar-refractivity contribution in [1.29, 1.82) is 0 Å². The van der Waals surface area contributed by atoms with E-state index in [0.717, 1.165) is 22.5 Å². The molecule has 0 saturated heterocycles. The van der Waals surface area contributed by atoms with Crippen LogP contribution in [0.1, 0.15) is 38.4 Å². The Morgan fingerprint density at radius 1 is 1.25 bits per heavy atom. The predicted octanol–water partition coefficient (Wildman–Crippen LogP) is 2.36. The minimum Gasteiger partial charge on any atom is -0.352 e. The van der Waals surface area contributed by atoms with E-state index in [1.165, 1.54) is 9.56 Å². The zero-order valence-electron chi connectivity index (χ0n) is 14.4. The summed E-state index contributed by atoms with van der Waals surface area (Å²) in [5.41, 5.74) is 1.39. The number of hydrogen-bond acceptors (Lipinski definition) is 4. The van der Waals surface area contributed by atoms with Crippen molar-refractivity contribution in [3.63, 3.8) is 0 Å². The third-order valence-corrected chi connectivity index (χ3v) is 5.11. The topological polar surface area (TPSA) is 68.4 Å². The van der Waals surface area contributed by atoms with Crippen molar-refractivity contribution in [1.82, 2.24) is 19.5 Å². The van der Waals surface area contributed by atoms with E-state index in [-0.39, 0.29) is 24.1 Å². The highest BCUT2D eigenvalue weighted by atomic mass is 32.1. The van der Waals surface area contributed by atoms with Gasteiger partial charge in [-0.1, -0.05) is 13.8 Å². The van der Waals surface area contributed by atoms with Crippen molar-refractivity contribution in [3.8, 4) is 0 Å². The van der Waals surface area contributed by atoms with Crippen molar-refractivity contribution < 1.29 is 4.79 Å². The van der Waals surface area contributed by atoms with E-state index in [1.807, 2.05) is 31.2 Å². The Kier molecular flexibility index (Phi) is 4.45. The molecule has 128 valence electrons. The SMILES string of the molecule is CCc1cc2c(cc3c(=O)n(CC(=O)NC(C)C)nc(CC)n32)s1. The Balaban J connectivity index is 2.15. The molecule has 1 amide bonds. The van der Waals surface area contributed by atoms with E-state index in [4.69, 9.17) is 0 Å². The van der Waals surface area contributed by atoms with E-state index >= 15 is 0 Å². The molecule has 0 radical (unpaired) electrons. The number of rotatable bonds is 5. The van der Waals surface area contributed by atoms with Gasteiger partial charge in [0.2, 0.25) is 5.91 Å². The summed E-state index contributed by atoms with van der Waals surface area (Å²) in [6.07, 6.45) is 1.66. The molecule has 0 unspecified atom stereocenters. The standard InChI is InChI=1S/C17H22N4O2S/c1-5-11-7-12-14(24-11)8-13-17(23)20(9-16(22)18-10(3)4)19-15(6-2)21(12)13/h7-8,10H,5-6,9H2,1-4H3,(H,18,22). The fraction of sp³-hybridized carbons (Fsp3) is 0.471. The molecule has 0 bridgehead atoms. The fourth-order valence-electron chi connectivity index (χ4n) is 2.85. The monoisotopic (exact) mass is 346 g/mol. The number of aryl methyl sites for hydroxylation is 2. The summed E-state index contributed by atoms with van der Waals surface area (Å²) in [4.78, 5) is 26.0. The van der Waals surface area contributed by atoms with Crippen LogP contribution in [-0.4, -0.2) is 26.1 Å². The molecule has 0 aromatic carbocycles. The maximum atomic E-state index is 12.7. The normalized spacial score (nSPS) is 11.7. The molecule has 0 saturated carbocycles. The summed E-state index contributed by atoms with van der Waals surface area (Å²) in [5, 5.41) is 7.23. The van der Waals surface area contributed by atoms with Crippen LogP contribution < -0.4 is 10.9 Å². The third kappa shape index (κ3) is 2.84. The quantitative estimate of drug-likeness (QED) is 0.771. The van der Waals surface area contributed by atoms with E-state index in [9.17, 15) is 9.59 Å². The Morgan fingerprint density at radius 2 is 2.00 bits per heavy atom. The van der Waals surface area contributed by atoms with Crippen LogP contribution in [0.4, 0.5) is 0 Å². The van der Waals surface area contributed by atoms with Gasteiger partial charge in [0.05, 0.1) is 10.2 Å². The summed E-state index contributed by atoms with van der Waals surface area (Å²) >= 11 is 1.70. The highest BCUT2D eigenvalue weighted by molar-refractivity contribution is 7.19. The van der Waals surface area contributed by atoms with Gasteiger partial charge in [-0.2, -0.15) is 5.10 Å². The van der Waals surface area contributed by atoms with Crippen LogP contribution in [0.3, 0.4) is 0 Å². The molecule has 24 heavy (non-hydrogen) atoms. The minimum absolute atomic E-state index is 0.0358. The van der Waals surface area contributed by atoms with Crippen molar-refractivity contribution in [3.05, 3.63) is 33.2 Å². The number of nitrogens with zero attached hydrogens (tertiary/aromatic N) is 3. The van der Waals surface area contributed by atoms with Crippen molar-refractivity contribution in [2.24, 2.45) is 0 Å².